The van der Waals surface area contributed by atoms with Gasteiger partial charge in [0.25, 0.3) is 0 Å². The normalized spacial score (nSPS) is 15.7. The molecule has 1 aliphatic rings. The third-order valence-electron chi connectivity index (χ3n) is 6.22. The zero-order valence-corrected chi connectivity index (χ0v) is 20.4. The van der Waals surface area contributed by atoms with Gasteiger partial charge < -0.3 is 10.6 Å². The topological polar surface area (TPSA) is 41.1 Å². The van der Waals surface area contributed by atoms with Gasteiger partial charge in [0.2, 0.25) is 5.91 Å². The molecule has 1 amide bonds. The van der Waals surface area contributed by atoms with Crippen LogP contribution in [0.15, 0.2) is 46.0 Å². The van der Waals surface area contributed by atoms with Gasteiger partial charge in [-0.25, -0.2) is 0 Å². The van der Waals surface area contributed by atoms with Crippen LogP contribution in [0, 0.1) is 13.8 Å². The van der Waals surface area contributed by atoms with Crippen molar-refractivity contribution in [1.29, 1.82) is 0 Å². The number of allylic oxidation sites excluding steroid dienone is 1. The summed E-state index contributed by atoms with van der Waals surface area (Å²) in [6, 6.07) is 10.8. The zero-order chi connectivity index (χ0) is 21.8. The number of aryl methyl sites for hydroxylation is 1. The van der Waals surface area contributed by atoms with Crippen LogP contribution in [0.25, 0.3) is 0 Å². The number of amides is 1. The molecule has 1 aliphatic carbocycles. The molecule has 0 spiro atoms. The summed E-state index contributed by atoms with van der Waals surface area (Å²) in [7, 11) is 0. The Morgan fingerprint density at radius 2 is 1.80 bits per heavy atom. The Morgan fingerprint density at radius 3 is 2.47 bits per heavy atom. The number of fused-ring (bicyclic) bond motifs is 1. The molecule has 2 aromatic carbocycles. The van der Waals surface area contributed by atoms with Gasteiger partial charge in [-0.3, -0.25) is 4.79 Å². The largest absolute Gasteiger partial charge is 0.378 e. The van der Waals surface area contributed by atoms with Crippen LogP contribution in [-0.4, -0.2) is 5.91 Å². The monoisotopic (exact) mass is 468 g/mol. The molecular weight excluding hydrogens is 436 g/mol. The fourth-order valence-electron chi connectivity index (χ4n) is 4.24. The van der Waals surface area contributed by atoms with Crippen LogP contribution in [0.4, 0.5) is 11.4 Å². The molecule has 3 nitrogen and oxygen atoms in total. The van der Waals surface area contributed by atoms with Crippen LogP contribution in [0.2, 0.25) is 0 Å². The van der Waals surface area contributed by atoms with Gasteiger partial charge in [-0.2, -0.15) is 0 Å². The third kappa shape index (κ3) is 5.34. The summed E-state index contributed by atoms with van der Waals surface area (Å²) in [4.78, 5) is 12.6. The maximum atomic E-state index is 12.6. The highest BCUT2D eigenvalue weighted by molar-refractivity contribution is 9.10. The summed E-state index contributed by atoms with van der Waals surface area (Å²) in [5.74, 6) is 0.0642. The quantitative estimate of drug-likeness (QED) is 0.349. The minimum Gasteiger partial charge on any atom is -0.378 e. The van der Waals surface area contributed by atoms with E-state index in [4.69, 9.17) is 0 Å². The van der Waals surface area contributed by atoms with E-state index < -0.39 is 0 Å². The molecule has 0 bridgehead atoms. The summed E-state index contributed by atoms with van der Waals surface area (Å²) in [5, 5.41) is 6.94. The first-order valence-corrected chi connectivity index (χ1v) is 11.6. The number of carbonyl (C=O) groups is 1. The molecule has 1 unspecified atom stereocenters. The van der Waals surface area contributed by atoms with Crippen LogP contribution >= 0.6 is 15.9 Å². The number of hydrogen-bond acceptors (Lipinski definition) is 2. The molecule has 0 saturated carbocycles. The minimum atomic E-state index is 0.0642. The number of nitrogens with one attached hydrogen (secondary N) is 2. The van der Waals surface area contributed by atoms with Gasteiger partial charge in [-0.15, -0.1) is 0 Å². The van der Waals surface area contributed by atoms with E-state index in [-0.39, 0.29) is 5.91 Å². The summed E-state index contributed by atoms with van der Waals surface area (Å²) in [6.07, 6.45) is 5.01. The van der Waals surface area contributed by atoms with E-state index in [9.17, 15) is 4.79 Å². The average molecular weight is 469 g/mol. The maximum Gasteiger partial charge on any atom is 0.228 e. The third-order valence-corrected chi connectivity index (χ3v) is 6.75. The van der Waals surface area contributed by atoms with Crippen molar-refractivity contribution >= 4 is 33.2 Å². The van der Waals surface area contributed by atoms with Crippen molar-refractivity contribution < 1.29 is 4.79 Å². The molecule has 0 aliphatic heterocycles. The van der Waals surface area contributed by atoms with Crippen molar-refractivity contribution in [1.82, 2.24) is 0 Å². The Hall–Kier alpha value is -2.07. The molecule has 30 heavy (non-hydrogen) atoms. The lowest BCUT2D eigenvalue weighted by molar-refractivity contribution is -0.115. The number of halogens is 1. The molecule has 1 atom stereocenters. The zero-order valence-electron chi connectivity index (χ0n) is 18.8. The van der Waals surface area contributed by atoms with Gasteiger partial charge in [0, 0.05) is 22.3 Å². The van der Waals surface area contributed by atoms with Crippen molar-refractivity contribution in [3.05, 3.63) is 68.2 Å². The van der Waals surface area contributed by atoms with E-state index in [0.717, 1.165) is 34.3 Å². The lowest BCUT2D eigenvalue weighted by Crippen LogP contribution is -2.17. The summed E-state index contributed by atoms with van der Waals surface area (Å²) >= 11 is 3.52. The lowest BCUT2D eigenvalue weighted by atomic mass is 9.89. The molecule has 2 N–H and O–H groups in total. The maximum absolute atomic E-state index is 12.6. The first kappa shape index (κ1) is 22.6. The van der Waals surface area contributed by atoms with Gasteiger partial charge in [0.1, 0.15) is 0 Å². The van der Waals surface area contributed by atoms with Crippen LogP contribution in [0.3, 0.4) is 0 Å². The molecule has 4 heteroatoms. The molecule has 160 valence electrons. The second-order valence-electron chi connectivity index (χ2n) is 8.71. The molecule has 0 saturated heterocycles. The van der Waals surface area contributed by atoms with Gasteiger partial charge in [0.15, 0.2) is 0 Å². The summed E-state index contributed by atoms with van der Waals surface area (Å²) < 4.78 is 1.09. The van der Waals surface area contributed by atoms with E-state index in [0.29, 0.717) is 12.5 Å². The van der Waals surface area contributed by atoms with Gasteiger partial charge >= 0.3 is 0 Å². The first-order valence-electron chi connectivity index (χ1n) is 10.8. The molecular formula is C26H33BrN2O. The van der Waals surface area contributed by atoms with Gasteiger partial charge in [-0.05, 0) is 106 Å². The van der Waals surface area contributed by atoms with Crippen molar-refractivity contribution in [3.63, 3.8) is 0 Å². The SMILES string of the molecule is CC(C)=C(C)CC(=O)Nc1cc(C)c2c(c1C)CCCCC2Nc1ccc(Br)cc1. The van der Waals surface area contributed by atoms with Crippen molar-refractivity contribution in [2.24, 2.45) is 0 Å². The number of hydrogen-bond donors (Lipinski definition) is 2. The average Bonchev–Trinajstić information content (AvgIpc) is 2.90. The standard InChI is InChI=1S/C26H33BrN2O/c1-16(2)17(3)15-25(30)29-24-14-18(4)26-22(19(24)5)8-6-7-9-23(26)28-21-12-10-20(27)11-13-21/h10-14,23,28H,6-9,15H2,1-5H3,(H,29,30). The van der Waals surface area contributed by atoms with Crippen molar-refractivity contribution in [2.45, 2.75) is 72.8 Å². The Kier molecular flexibility index (Phi) is 7.41. The Bertz CT molecular complexity index is 956. The lowest BCUT2D eigenvalue weighted by Gasteiger charge is -2.25. The molecule has 0 aromatic heterocycles. The van der Waals surface area contributed by atoms with Crippen molar-refractivity contribution in [2.75, 3.05) is 10.6 Å². The fraction of sp³-hybridized carbons (Fsp3) is 0.423. The second-order valence-corrected chi connectivity index (χ2v) is 9.63. The fourth-order valence-corrected chi connectivity index (χ4v) is 4.50. The number of carbonyl (C=O) groups excluding carboxylic acids is 1. The predicted molar refractivity (Wildman–Crippen MR) is 131 cm³/mol. The van der Waals surface area contributed by atoms with E-state index in [1.807, 2.05) is 6.92 Å². The Morgan fingerprint density at radius 1 is 1.10 bits per heavy atom. The molecule has 0 fully saturated rings. The number of benzene rings is 2. The highest BCUT2D eigenvalue weighted by Gasteiger charge is 2.24. The van der Waals surface area contributed by atoms with E-state index in [1.54, 1.807) is 0 Å². The highest BCUT2D eigenvalue weighted by Crippen LogP contribution is 2.38. The van der Waals surface area contributed by atoms with Crippen LogP contribution in [0.5, 0.6) is 0 Å². The number of rotatable bonds is 5. The van der Waals surface area contributed by atoms with E-state index in [1.165, 1.54) is 40.7 Å². The summed E-state index contributed by atoms with van der Waals surface area (Å²) in [5.41, 5.74) is 9.72. The van der Waals surface area contributed by atoms with Gasteiger partial charge in [-0.1, -0.05) is 33.5 Å². The van der Waals surface area contributed by atoms with Crippen molar-refractivity contribution in [3.8, 4) is 0 Å². The Balaban J connectivity index is 1.90. The predicted octanol–water partition coefficient (Wildman–Crippen LogP) is 7.63. The van der Waals surface area contributed by atoms with E-state index >= 15 is 0 Å². The second kappa shape index (κ2) is 9.82. The Labute approximate surface area is 189 Å². The highest BCUT2D eigenvalue weighted by atomic mass is 79.9. The first-order chi connectivity index (χ1) is 14.3. The number of anilines is 2. The van der Waals surface area contributed by atoms with E-state index in [2.05, 4.69) is 84.6 Å². The summed E-state index contributed by atoms with van der Waals surface area (Å²) in [6.45, 7) is 10.5. The van der Waals surface area contributed by atoms with Crippen LogP contribution < -0.4 is 10.6 Å². The van der Waals surface area contributed by atoms with Crippen LogP contribution in [-0.2, 0) is 11.2 Å². The molecule has 3 rings (SSSR count). The molecule has 0 heterocycles. The van der Waals surface area contributed by atoms with Gasteiger partial charge in [0.05, 0.1) is 6.04 Å². The smallest absolute Gasteiger partial charge is 0.228 e. The molecule has 2 aromatic rings. The molecule has 0 radical (unpaired) electrons. The van der Waals surface area contributed by atoms with Crippen LogP contribution in [0.1, 0.15) is 74.8 Å². The minimum absolute atomic E-state index is 0.0642.